The van der Waals surface area contributed by atoms with E-state index in [-0.39, 0.29) is 0 Å². The van der Waals surface area contributed by atoms with Crippen molar-refractivity contribution in [3.05, 3.63) is 29.8 Å². The van der Waals surface area contributed by atoms with E-state index in [9.17, 15) is 0 Å². The van der Waals surface area contributed by atoms with Crippen LogP contribution in [0.25, 0.3) is 0 Å². The van der Waals surface area contributed by atoms with Crippen LogP contribution < -0.4 is 10.6 Å². The third kappa shape index (κ3) is 3.16. The lowest BCUT2D eigenvalue weighted by Crippen LogP contribution is -2.14. The van der Waals surface area contributed by atoms with Gasteiger partial charge in [-0.1, -0.05) is 5.16 Å². The highest BCUT2D eigenvalue weighted by molar-refractivity contribution is 5.97. The van der Waals surface area contributed by atoms with E-state index in [4.69, 9.17) is 10.6 Å². The Hall–Kier alpha value is -1.71. The summed E-state index contributed by atoms with van der Waals surface area (Å²) in [6.07, 6.45) is 0. The van der Waals surface area contributed by atoms with E-state index in [2.05, 4.69) is 5.16 Å². The van der Waals surface area contributed by atoms with E-state index in [1.165, 1.54) is 0 Å². The van der Waals surface area contributed by atoms with Crippen molar-refractivity contribution >= 4 is 11.5 Å². The molecule has 0 bridgehead atoms. The Balaban J connectivity index is 2.79. The fraction of sp³-hybridized carbons (Fsp3) is 0.364. The smallest absolute Gasteiger partial charge is 0.170 e. The van der Waals surface area contributed by atoms with E-state index < -0.39 is 0 Å². The Bertz CT molecular complexity index is 330. The Morgan fingerprint density at radius 3 is 2.40 bits per heavy atom. The normalized spacial score (nSPS) is 11.3. The van der Waals surface area contributed by atoms with Crippen molar-refractivity contribution in [2.45, 2.75) is 6.92 Å². The van der Waals surface area contributed by atoms with Crippen LogP contribution in [0, 0.1) is 0 Å². The standard InChI is InChI=1S/C11H17N3O/c1-4-15-13-11(12)9-5-7-10(8-6-9)14(2)3/h5-8H,4H2,1-3H3,(H2,12,13). The van der Waals surface area contributed by atoms with E-state index in [0.717, 1.165) is 11.3 Å². The lowest BCUT2D eigenvalue weighted by Gasteiger charge is -2.12. The van der Waals surface area contributed by atoms with Gasteiger partial charge in [-0.05, 0) is 31.2 Å². The molecule has 0 aliphatic heterocycles. The molecule has 0 amide bonds. The first kappa shape index (κ1) is 11.4. The Kier molecular flexibility index (Phi) is 3.97. The number of benzene rings is 1. The second kappa shape index (κ2) is 5.24. The van der Waals surface area contributed by atoms with Gasteiger partial charge in [0.1, 0.15) is 6.61 Å². The summed E-state index contributed by atoms with van der Waals surface area (Å²) >= 11 is 0. The van der Waals surface area contributed by atoms with Crippen LogP contribution in [0.4, 0.5) is 5.69 Å². The van der Waals surface area contributed by atoms with Crippen molar-refractivity contribution in [1.82, 2.24) is 0 Å². The highest BCUT2D eigenvalue weighted by atomic mass is 16.6. The third-order valence-corrected chi connectivity index (χ3v) is 1.97. The van der Waals surface area contributed by atoms with Gasteiger partial charge in [-0.25, -0.2) is 0 Å². The molecule has 0 aromatic heterocycles. The minimum absolute atomic E-state index is 0.405. The van der Waals surface area contributed by atoms with Crippen LogP contribution in [0.15, 0.2) is 29.4 Å². The van der Waals surface area contributed by atoms with Crippen LogP contribution in [-0.2, 0) is 4.84 Å². The van der Waals surface area contributed by atoms with Crippen molar-refractivity contribution < 1.29 is 4.84 Å². The van der Waals surface area contributed by atoms with Gasteiger partial charge in [0.2, 0.25) is 0 Å². The number of nitrogens with zero attached hydrogens (tertiary/aromatic N) is 2. The summed E-state index contributed by atoms with van der Waals surface area (Å²) < 4.78 is 0. The molecule has 0 fully saturated rings. The average molecular weight is 207 g/mol. The van der Waals surface area contributed by atoms with Crippen LogP contribution >= 0.6 is 0 Å². The first-order chi connectivity index (χ1) is 7.15. The molecule has 0 aliphatic carbocycles. The molecule has 0 saturated carbocycles. The summed E-state index contributed by atoms with van der Waals surface area (Å²) in [4.78, 5) is 6.91. The molecule has 4 nitrogen and oxygen atoms in total. The Morgan fingerprint density at radius 1 is 1.33 bits per heavy atom. The zero-order chi connectivity index (χ0) is 11.3. The van der Waals surface area contributed by atoms with Crippen LogP contribution in [0.2, 0.25) is 0 Å². The quantitative estimate of drug-likeness (QED) is 0.461. The van der Waals surface area contributed by atoms with E-state index in [1.54, 1.807) is 0 Å². The maximum atomic E-state index is 5.72. The molecule has 0 heterocycles. The number of amidine groups is 1. The molecular weight excluding hydrogens is 190 g/mol. The van der Waals surface area contributed by atoms with Gasteiger partial charge in [0.25, 0.3) is 0 Å². The summed E-state index contributed by atoms with van der Waals surface area (Å²) in [5.74, 6) is 0.405. The zero-order valence-electron chi connectivity index (χ0n) is 9.40. The molecule has 0 radical (unpaired) electrons. The van der Waals surface area contributed by atoms with Gasteiger partial charge >= 0.3 is 0 Å². The molecule has 1 aromatic carbocycles. The van der Waals surface area contributed by atoms with E-state index >= 15 is 0 Å². The SMILES string of the molecule is CCO/N=C(\N)c1ccc(N(C)C)cc1. The minimum Gasteiger partial charge on any atom is -0.394 e. The molecule has 1 rings (SSSR count). The lowest BCUT2D eigenvalue weighted by atomic mass is 10.2. The molecule has 0 aliphatic rings. The summed E-state index contributed by atoms with van der Waals surface area (Å²) in [6.45, 7) is 2.39. The maximum Gasteiger partial charge on any atom is 0.170 e. The second-order valence-corrected chi connectivity index (χ2v) is 3.34. The summed E-state index contributed by atoms with van der Waals surface area (Å²) in [5.41, 5.74) is 7.72. The second-order valence-electron chi connectivity index (χ2n) is 3.34. The number of hydrogen-bond donors (Lipinski definition) is 1. The molecule has 1 aromatic rings. The fourth-order valence-electron chi connectivity index (χ4n) is 1.12. The maximum absolute atomic E-state index is 5.72. The van der Waals surface area contributed by atoms with E-state index in [1.807, 2.05) is 50.2 Å². The van der Waals surface area contributed by atoms with Crippen LogP contribution in [-0.4, -0.2) is 26.5 Å². The van der Waals surface area contributed by atoms with Crippen LogP contribution in [0.1, 0.15) is 12.5 Å². The monoisotopic (exact) mass is 207 g/mol. The topological polar surface area (TPSA) is 50.9 Å². The number of oxime groups is 1. The van der Waals surface area contributed by atoms with Gasteiger partial charge in [0.15, 0.2) is 5.84 Å². The van der Waals surface area contributed by atoms with Crippen molar-refractivity contribution in [1.29, 1.82) is 0 Å². The first-order valence-corrected chi connectivity index (χ1v) is 4.88. The highest BCUT2D eigenvalue weighted by Crippen LogP contribution is 2.11. The lowest BCUT2D eigenvalue weighted by molar-refractivity contribution is 0.158. The molecule has 82 valence electrons. The third-order valence-electron chi connectivity index (χ3n) is 1.97. The summed E-state index contributed by atoms with van der Waals surface area (Å²) in [7, 11) is 3.99. The number of hydrogen-bond acceptors (Lipinski definition) is 3. The predicted octanol–water partition coefficient (Wildman–Crippen LogP) is 1.41. The van der Waals surface area contributed by atoms with Gasteiger partial charge in [-0.3, -0.25) is 0 Å². The summed E-state index contributed by atoms with van der Waals surface area (Å²) in [5, 5.41) is 3.77. The average Bonchev–Trinajstić information content (AvgIpc) is 2.26. The largest absolute Gasteiger partial charge is 0.394 e. The zero-order valence-corrected chi connectivity index (χ0v) is 9.40. The van der Waals surface area contributed by atoms with Gasteiger partial charge < -0.3 is 15.5 Å². The number of rotatable bonds is 4. The van der Waals surface area contributed by atoms with Gasteiger partial charge in [0.05, 0.1) is 0 Å². The highest BCUT2D eigenvalue weighted by Gasteiger charge is 2.00. The Labute approximate surface area is 90.3 Å². The Morgan fingerprint density at radius 2 is 1.93 bits per heavy atom. The summed E-state index contributed by atoms with van der Waals surface area (Å²) in [6, 6.07) is 7.83. The number of anilines is 1. The first-order valence-electron chi connectivity index (χ1n) is 4.88. The minimum atomic E-state index is 0.405. The molecule has 4 heteroatoms. The van der Waals surface area contributed by atoms with Crippen LogP contribution in [0.5, 0.6) is 0 Å². The molecule has 0 saturated heterocycles. The van der Waals surface area contributed by atoms with Gasteiger partial charge in [-0.15, -0.1) is 0 Å². The van der Waals surface area contributed by atoms with E-state index in [0.29, 0.717) is 12.4 Å². The number of nitrogens with two attached hydrogens (primary N) is 1. The molecule has 0 unspecified atom stereocenters. The van der Waals surface area contributed by atoms with Crippen molar-refractivity contribution in [3.8, 4) is 0 Å². The molecule has 0 spiro atoms. The molecule has 2 N–H and O–H groups in total. The van der Waals surface area contributed by atoms with Crippen molar-refractivity contribution in [2.75, 3.05) is 25.6 Å². The van der Waals surface area contributed by atoms with Crippen LogP contribution in [0.3, 0.4) is 0 Å². The van der Waals surface area contributed by atoms with Gasteiger partial charge in [0, 0.05) is 25.3 Å². The van der Waals surface area contributed by atoms with Gasteiger partial charge in [-0.2, -0.15) is 0 Å². The molecule has 15 heavy (non-hydrogen) atoms. The van der Waals surface area contributed by atoms with Crippen molar-refractivity contribution in [2.24, 2.45) is 10.9 Å². The molecular formula is C11H17N3O. The molecule has 0 atom stereocenters. The van der Waals surface area contributed by atoms with Crippen molar-refractivity contribution in [3.63, 3.8) is 0 Å². The predicted molar refractivity (Wildman–Crippen MR) is 63.1 cm³/mol. The fourth-order valence-corrected chi connectivity index (χ4v) is 1.12.